The van der Waals surface area contributed by atoms with Gasteiger partial charge in [0.05, 0.1) is 12.6 Å². The second-order valence-corrected chi connectivity index (χ2v) is 3.90. The van der Waals surface area contributed by atoms with E-state index >= 15 is 0 Å². The Morgan fingerprint density at radius 3 is 2.56 bits per heavy atom. The van der Waals surface area contributed by atoms with Crippen LogP contribution in [0, 0.1) is 6.92 Å². The van der Waals surface area contributed by atoms with Gasteiger partial charge < -0.3 is 25.3 Å². The average Bonchev–Trinajstić information content (AvgIpc) is 2.68. The number of hydrogen-bond acceptors (Lipinski definition) is 4. The lowest BCUT2D eigenvalue weighted by Crippen LogP contribution is -2.50. The zero-order valence-electron chi connectivity index (χ0n) is 10.1. The number of carbonyl (C=O) groups excluding carboxylic acids is 1. The summed E-state index contributed by atoms with van der Waals surface area (Å²) in [6.45, 7) is 3.21. The number of furan rings is 1. The van der Waals surface area contributed by atoms with Gasteiger partial charge in [-0.25, -0.2) is 9.59 Å². The number of carboxylic acid groups (broad SMARTS) is 1. The highest BCUT2D eigenvalue weighted by Crippen LogP contribution is 2.05. The molecule has 7 nitrogen and oxygen atoms in total. The normalized spacial score (nSPS) is 13.7. The van der Waals surface area contributed by atoms with Crippen LogP contribution in [0.15, 0.2) is 16.5 Å². The lowest BCUT2D eigenvalue weighted by atomic mass is 10.2. The number of urea groups is 1. The summed E-state index contributed by atoms with van der Waals surface area (Å²) in [6, 6.07) is 1.43. The molecule has 0 fully saturated rings. The monoisotopic (exact) mass is 256 g/mol. The summed E-state index contributed by atoms with van der Waals surface area (Å²) in [5, 5.41) is 22.5. The predicted molar refractivity (Wildman–Crippen MR) is 61.9 cm³/mol. The molecule has 1 heterocycles. The fourth-order valence-corrected chi connectivity index (χ4v) is 1.33. The fourth-order valence-electron chi connectivity index (χ4n) is 1.33. The van der Waals surface area contributed by atoms with E-state index in [1.807, 2.05) is 0 Å². The van der Waals surface area contributed by atoms with Gasteiger partial charge in [0.1, 0.15) is 11.5 Å². The first-order valence-electron chi connectivity index (χ1n) is 5.40. The molecular weight excluding hydrogens is 240 g/mol. The van der Waals surface area contributed by atoms with Gasteiger partial charge in [-0.2, -0.15) is 0 Å². The zero-order chi connectivity index (χ0) is 13.7. The van der Waals surface area contributed by atoms with E-state index in [1.165, 1.54) is 6.92 Å². The molecule has 1 aromatic heterocycles. The Morgan fingerprint density at radius 2 is 2.11 bits per heavy atom. The smallest absolute Gasteiger partial charge is 0.328 e. The van der Waals surface area contributed by atoms with Crippen molar-refractivity contribution in [3.05, 3.63) is 23.7 Å². The van der Waals surface area contributed by atoms with E-state index in [4.69, 9.17) is 9.52 Å². The fraction of sp³-hybridized carbons (Fsp3) is 0.455. The van der Waals surface area contributed by atoms with Crippen LogP contribution in [0.25, 0.3) is 0 Å². The van der Waals surface area contributed by atoms with Crippen molar-refractivity contribution in [3.63, 3.8) is 0 Å². The van der Waals surface area contributed by atoms with Gasteiger partial charge in [0.2, 0.25) is 0 Å². The minimum absolute atomic E-state index is 0.145. The van der Waals surface area contributed by atoms with Crippen molar-refractivity contribution >= 4 is 12.0 Å². The van der Waals surface area contributed by atoms with Crippen molar-refractivity contribution in [3.8, 4) is 0 Å². The lowest BCUT2D eigenvalue weighted by Gasteiger charge is -2.17. The number of carboxylic acids is 1. The number of aryl methyl sites for hydroxylation is 1. The SMILES string of the molecule is Cc1ccc(CNC(=O)N[C@H](C(=O)O)[C@@H](C)O)o1. The summed E-state index contributed by atoms with van der Waals surface area (Å²) < 4.78 is 5.23. The highest BCUT2D eigenvalue weighted by Gasteiger charge is 2.24. The van der Waals surface area contributed by atoms with Gasteiger partial charge in [0, 0.05) is 0 Å². The summed E-state index contributed by atoms with van der Waals surface area (Å²) in [7, 11) is 0. The van der Waals surface area contributed by atoms with E-state index in [2.05, 4.69) is 10.6 Å². The van der Waals surface area contributed by atoms with Crippen LogP contribution in [0.5, 0.6) is 0 Å². The van der Waals surface area contributed by atoms with E-state index < -0.39 is 24.1 Å². The number of carbonyl (C=O) groups is 2. The quantitative estimate of drug-likeness (QED) is 0.602. The number of hydrogen-bond donors (Lipinski definition) is 4. The molecule has 0 aliphatic heterocycles. The van der Waals surface area contributed by atoms with E-state index in [-0.39, 0.29) is 6.54 Å². The van der Waals surface area contributed by atoms with Gasteiger partial charge >= 0.3 is 12.0 Å². The van der Waals surface area contributed by atoms with Crippen molar-refractivity contribution in [2.45, 2.75) is 32.5 Å². The second-order valence-electron chi connectivity index (χ2n) is 3.90. The van der Waals surface area contributed by atoms with Crippen LogP contribution in [0.4, 0.5) is 4.79 Å². The minimum Gasteiger partial charge on any atom is -0.480 e. The molecule has 0 radical (unpaired) electrons. The largest absolute Gasteiger partial charge is 0.480 e. The summed E-state index contributed by atoms with van der Waals surface area (Å²) in [4.78, 5) is 22.1. The standard InChI is InChI=1S/C11H16N2O5/c1-6-3-4-8(18-6)5-12-11(17)13-9(7(2)14)10(15)16/h3-4,7,9,14H,5H2,1-2H3,(H,15,16)(H2,12,13,17)/t7-,9+/m1/s1. The maximum atomic E-state index is 11.4. The Bertz CT molecular complexity index is 427. The molecule has 0 unspecified atom stereocenters. The van der Waals surface area contributed by atoms with E-state index in [9.17, 15) is 14.7 Å². The van der Waals surface area contributed by atoms with Gasteiger partial charge in [-0.3, -0.25) is 0 Å². The molecule has 4 N–H and O–H groups in total. The molecule has 18 heavy (non-hydrogen) atoms. The minimum atomic E-state index is -1.34. The van der Waals surface area contributed by atoms with Crippen LogP contribution in [0.1, 0.15) is 18.4 Å². The molecule has 0 aliphatic rings. The van der Waals surface area contributed by atoms with Crippen LogP contribution >= 0.6 is 0 Å². The zero-order valence-corrected chi connectivity index (χ0v) is 10.1. The van der Waals surface area contributed by atoms with Gasteiger partial charge in [-0.1, -0.05) is 0 Å². The Morgan fingerprint density at radius 1 is 1.44 bits per heavy atom. The number of aliphatic hydroxyl groups excluding tert-OH is 1. The van der Waals surface area contributed by atoms with Gasteiger partial charge in [-0.05, 0) is 26.0 Å². The number of amides is 2. The summed E-state index contributed by atoms with van der Waals surface area (Å²) in [5.74, 6) is -0.0137. The summed E-state index contributed by atoms with van der Waals surface area (Å²) in [6.07, 6.45) is -1.18. The molecule has 0 spiro atoms. The summed E-state index contributed by atoms with van der Waals surface area (Å²) >= 11 is 0. The highest BCUT2D eigenvalue weighted by molar-refractivity contribution is 5.82. The molecule has 0 aliphatic carbocycles. The van der Waals surface area contributed by atoms with Crippen molar-refractivity contribution in [1.29, 1.82) is 0 Å². The molecule has 2 amide bonds. The molecule has 7 heteroatoms. The third-order valence-corrected chi connectivity index (χ3v) is 2.25. The number of aliphatic hydroxyl groups is 1. The van der Waals surface area contributed by atoms with E-state index in [0.29, 0.717) is 5.76 Å². The molecule has 0 saturated carbocycles. The summed E-state index contributed by atoms with van der Waals surface area (Å²) in [5.41, 5.74) is 0. The van der Waals surface area contributed by atoms with Crippen LogP contribution in [0.3, 0.4) is 0 Å². The molecule has 1 rings (SSSR count). The molecule has 2 atom stereocenters. The topological polar surface area (TPSA) is 112 Å². The van der Waals surface area contributed by atoms with Crippen molar-refractivity contribution in [1.82, 2.24) is 10.6 Å². The van der Waals surface area contributed by atoms with Crippen LogP contribution < -0.4 is 10.6 Å². The van der Waals surface area contributed by atoms with Crippen LogP contribution in [0.2, 0.25) is 0 Å². The van der Waals surface area contributed by atoms with Crippen molar-refractivity contribution < 1.29 is 24.2 Å². The third kappa shape index (κ3) is 4.10. The maximum Gasteiger partial charge on any atom is 0.328 e. The molecule has 1 aromatic rings. The predicted octanol–water partition coefficient (Wildman–Crippen LogP) is 0.221. The molecule has 100 valence electrons. The maximum absolute atomic E-state index is 11.4. The van der Waals surface area contributed by atoms with Crippen LogP contribution in [-0.2, 0) is 11.3 Å². The van der Waals surface area contributed by atoms with Crippen LogP contribution in [-0.4, -0.2) is 34.4 Å². The first-order valence-corrected chi connectivity index (χ1v) is 5.40. The number of aliphatic carboxylic acids is 1. The first kappa shape index (κ1) is 14.0. The Labute approximate surface area is 104 Å². The third-order valence-electron chi connectivity index (χ3n) is 2.25. The molecular formula is C11H16N2O5. The lowest BCUT2D eigenvalue weighted by molar-refractivity contribution is -0.141. The Balaban J connectivity index is 2.43. The number of rotatable bonds is 5. The van der Waals surface area contributed by atoms with Gasteiger partial charge in [0.25, 0.3) is 0 Å². The van der Waals surface area contributed by atoms with E-state index in [1.54, 1.807) is 19.1 Å². The Kier molecular flexibility index (Phi) is 4.73. The van der Waals surface area contributed by atoms with Crippen molar-refractivity contribution in [2.24, 2.45) is 0 Å². The second kappa shape index (κ2) is 6.06. The van der Waals surface area contributed by atoms with E-state index in [0.717, 1.165) is 5.76 Å². The number of nitrogens with one attached hydrogen (secondary N) is 2. The molecule has 0 saturated heterocycles. The highest BCUT2D eigenvalue weighted by atomic mass is 16.4. The Hall–Kier alpha value is -2.02. The first-order chi connectivity index (χ1) is 8.40. The molecule has 0 aromatic carbocycles. The average molecular weight is 256 g/mol. The van der Waals surface area contributed by atoms with Crippen molar-refractivity contribution in [2.75, 3.05) is 0 Å². The van der Waals surface area contributed by atoms with Gasteiger partial charge in [-0.15, -0.1) is 0 Å². The molecule has 0 bridgehead atoms. The van der Waals surface area contributed by atoms with Gasteiger partial charge in [0.15, 0.2) is 6.04 Å².